The van der Waals surface area contributed by atoms with E-state index in [0.717, 1.165) is 5.56 Å². The molecule has 3 spiro atoms. The van der Waals surface area contributed by atoms with Gasteiger partial charge in [0.25, 0.3) is 0 Å². The largest absolute Gasteiger partial charge is 0.480 e. The molecule has 36 heavy (non-hydrogen) atoms. The molecule has 4 saturated heterocycles. The molecule has 1 N–H and O–H groups in total. The normalized spacial score (nSPS) is 40.3. The van der Waals surface area contributed by atoms with Crippen molar-refractivity contribution in [2.75, 3.05) is 18.9 Å². The number of anilines is 1. The summed E-state index contributed by atoms with van der Waals surface area (Å²) in [7, 11) is 1.88. The van der Waals surface area contributed by atoms with Gasteiger partial charge in [-0.3, -0.25) is 14.4 Å². The van der Waals surface area contributed by atoms with Gasteiger partial charge in [0.1, 0.15) is 11.1 Å². The third-order valence-corrected chi connectivity index (χ3v) is 10.6. The van der Waals surface area contributed by atoms with Gasteiger partial charge in [-0.25, -0.2) is 0 Å². The number of carbonyl (C=O) groups excluding carboxylic acids is 3. The molecule has 7 aliphatic rings. The van der Waals surface area contributed by atoms with E-state index in [2.05, 4.69) is 19.2 Å². The number of hydrogen-bond donors (Lipinski definition) is 1. The second kappa shape index (κ2) is 6.09. The van der Waals surface area contributed by atoms with Crippen LogP contribution in [0, 0.1) is 17.3 Å². The van der Waals surface area contributed by atoms with Crippen molar-refractivity contribution in [2.45, 2.75) is 76.0 Å². The molecule has 2 bridgehead atoms. The van der Waals surface area contributed by atoms with Crippen molar-refractivity contribution < 1.29 is 23.9 Å². The first-order valence-electron chi connectivity index (χ1n) is 12.9. The molecule has 5 unspecified atom stereocenters. The van der Waals surface area contributed by atoms with Crippen LogP contribution in [-0.4, -0.2) is 57.8 Å². The lowest BCUT2D eigenvalue weighted by molar-refractivity contribution is -0.188. The molecule has 0 radical (unpaired) electrons. The number of amides is 3. The Balaban J connectivity index is 1.41. The van der Waals surface area contributed by atoms with Crippen LogP contribution in [0.25, 0.3) is 0 Å². The predicted octanol–water partition coefficient (Wildman–Crippen LogP) is 3.21. The van der Waals surface area contributed by atoms with Gasteiger partial charge in [0.15, 0.2) is 11.5 Å². The average molecular weight is 492 g/mol. The van der Waals surface area contributed by atoms with Gasteiger partial charge in [0.2, 0.25) is 17.7 Å². The van der Waals surface area contributed by atoms with E-state index >= 15 is 0 Å². The Labute approximate surface area is 211 Å². The highest BCUT2D eigenvalue weighted by Gasteiger charge is 2.80. The smallest absolute Gasteiger partial charge is 0.248 e. The van der Waals surface area contributed by atoms with Crippen molar-refractivity contribution in [3.63, 3.8) is 0 Å². The van der Waals surface area contributed by atoms with Gasteiger partial charge in [-0.05, 0) is 62.1 Å². The van der Waals surface area contributed by atoms with Crippen molar-refractivity contribution in [1.29, 1.82) is 0 Å². The molecule has 8 nitrogen and oxygen atoms in total. The monoisotopic (exact) mass is 491 g/mol. The average Bonchev–Trinajstić information content (AvgIpc) is 3.25. The van der Waals surface area contributed by atoms with E-state index in [1.54, 1.807) is 6.26 Å². The fraction of sp³-hybridized carbons (Fsp3) is 0.607. The van der Waals surface area contributed by atoms with E-state index in [4.69, 9.17) is 9.47 Å². The van der Waals surface area contributed by atoms with Crippen molar-refractivity contribution in [2.24, 2.45) is 17.3 Å². The van der Waals surface area contributed by atoms with E-state index < -0.39 is 27.5 Å². The number of likely N-dealkylation sites (N-methyl/N-ethyl adjacent to an activating group) is 1. The Hall–Kier alpha value is -3.03. The zero-order chi connectivity index (χ0) is 25.6. The number of benzene rings is 1. The van der Waals surface area contributed by atoms with E-state index in [-0.39, 0.29) is 29.6 Å². The molecule has 1 aliphatic carbocycles. The SMILES string of the molecule is CC1CC23CC4C(CN2C1=O)(CC1(C(=O)Nc2c1ccc1c2OC=CC(C)(C)O1)C4(C)C)N(C)C3=O. The molecule has 1 aromatic carbocycles. The second-order valence-corrected chi connectivity index (χ2v) is 13.0. The number of rotatable bonds is 0. The summed E-state index contributed by atoms with van der Waals surface area (Å²) < 4.78 is 12.2. The molecule has 1 aromatic rings. The first kappa shape index (κ1) is 22.2. The molecule has 5 fully saturated rings. The molecular formula is C28H33N3O5. The quantitative estimate of drug-likeness (QED) is 0.602. The molecule has 190 valence electrons. The molecule has 8 rings (SSSR count). The molecule has 0 aromatic heterocycles. The van der Waals surface area contributed by atoms with Gasteiger partial charge in [-0.1, -0.05) is 26.8 Å². The van der Waals surface area contributed by atoms with Gasteiger partial charge in [-0.2, -0.15) is 0 Å². The highest BCUT2D eigenvalue weighted by molar-refractivity contribution is 6.10. The van der Waals surface area contributed by atoms with Crippen LogP contribution in [0.4, 0.5) is 5.69 Å². The van der Waals surface area contributed by atoms with Crippen LogP contribution in [0.2, 0.25) is 0 Å². The van der Waals surface area contributed by atoms with Crippen molar-refractivity contribution >= 4 is 23.4 Å². The van der Waals surface area contributed by atoms with Crippen LogP contribution in [0.1, 0.15) is 59.4 Å². The Morgan fingerprint density at radius 2 is 1.83 bits per heavy atom. The summed E-state index contributed by atoms with van der Waals surface area (Å²) in [6.07, 6.45) is 5.09. The maximum Gasteiger partial charge on any atom is 0.248 e. The summed E-state index contributed by atoms with van der Waals surface area (Å²) in [6, 6.07) is 3.89. The fourth-order valence-corrected chi connectivity index (χ4v) is 8.85. The molecule has 5 atom stereocenters. The van der Waals surface area contributed by atoms with Gasteiger partial charge >= 0.3 is 0 Å². The van der Waals surface area contributed by atoms with Crippen molar-refractivity contribution in [3.05, 3.63) is 30.0 Å². The summed E-state index contributed by atoms with van der Waals surface area (Å²) in [4.78, 5) is 44.9. The minimum absolute atomic E-state index is 0.0280. The fourth-order valence-electron chi connectivity index (χ4n) is 8.85. The van der Waals surface area contributed by atoms with Crippen LogP contribution in [0.5, 0.6) is 11.5 Å². The maximum atomic E-state index is 14.1. The Bertz CT molecular complexity index is 1320. The molecular weight excluding hydrogens is 458 g/mol. The molecule has 1 saturated carbocycles. The number of hydrogen-bond acceptors (Lipinski definition) is 5. The van der Waals surface area contributed by atoms with Gasteiger partial charge in [0.05, 0.1) is 22.9 Å². The number of ether oxygens (including phenoxy) is 2. The number of piperazine rings is 1. The van der Waals surface area contributed by atoms with Gasteiger partial charge in [0, 0.05) is 19.5 Å². The van der Waals surface area contributed by atoms with Crippen LogP contribution in [-0.2, 0) is 19.8 Å². The van der Waals surface area contributed by atoms with E-state index in [1.807, 2.05) is 55.8 Å². The zero-order valence-electron chi connectivity index (χ0n) is 21.7. The molecule has 3 amide bonds. The summed E-state index contributed by atoms with van der Waals surface area (Å²) in [6.45, 7) is 10.7. The Morgan fingerprint density at radius 1 is 1.08 bits per heavy atom. The second-order valence-electron chi connectivity index (χ2n) is 13.0. The van der Waals surface area contributed by atoms with Crippen LogP contribution in [0.15, 0.2) is 24.5 Å². The molecule has 6 heterocycles. The number of carbonyl (C=O) groups is 3. The third-order valence-electron chi connectivity index (χ3n) is 10.6. The number of fused-ring (bicyclic) bond motifs is 5. The lowest BCUT2D eigenvalue weighted by atomic mass is 9.57. The number of nitrogens with one attached hydrogen (secondary N) is 1. The zero-order valence-corrected chi connectivity index (χ0v) is 21.7. The summed E-state index contributed by atoms with van der Waals surface area (Å²) in [5.41, 5.74) is -1.75. The minimum atomic E-state index is -0.870. The third kappa shape index (κ3) is 2.14. The topological polar surface area (TPSA) is 88.2 Å². The predicted molar refractivity (Wildman–Crippen MR) is 131 cm³/mol. The number of piperidine rings is 2. The summed E-state index contributed by atoms with van der Waals surface area (Å²) in [5.74, 6) is 1.02. The van der Waals surface area contributed by atoms with Crippen LogP contribution < -0.4 is 14.8 Å². The highest BCUT2D eigenvalue weighted by atomic mass is 16.5. The summed E-state index contributed by atoms with van der Waals surface area (Å²) >= 11 is 0. The van der Waals surface area contributed by atoms with Crippen molar-refractivity contribution in [3.8, 4) is 11.5 Å². The van der Waals surface area contributed by atoms with Gasteiger partial charge in [-0.15, -0.1) is 0 Å². The van der Waals surface area contributed by atoms with E-state index in [1.165, 1.54) is 0 Å². The maximum absolute atomic E-state index is 14.1. The van der Waals surface area contributed by atoms with Crippen LogP contribution in [0.3, 0.4) is 0 Å². The van der Waals surface area contributed by atoms with E-state index in [0.29, 0.717) is 43.0 Å². The lowest BCUT2D eigenvalue weighted by Crippen LogP contribution is -2.79. The van der Waals surface area contributed by atoms with Crippen LogP contribution >= 0.6 is 0 Å². The first-order valence-corrected chi connectivity index (χ1v) is 12.9. The Morgan fingerprint density at radius 3 is 2.58 bits per heavy atom. The molecule has 8 heteroatoms. The standard InChI is InChI=1S/C28H33N3O5/c1-15-11-26-12-18-25(4,5)28(13-27(18,30(6)23(26)34)14-31(26)21(15)32)16-7-8-17-20(19(16)29-22(28)33)35-10-9-24(2,3)36-17/h7-10,15,18H,11-14H2,1-6H3,(H,29,33). The number of nitrogens with zero attached hydrogens (tertiary/aromatic N) is 2. The lowest BCUT2D eigenvalue weighted by Gasteiger charge is -2.63. The van der Waals surface area contributed by atoms with Crippen molar-refractivity contribution in [1.82, 2.24) is 9.80 Å². The highest BCUT2D eigenvalue weighted by Crippen LogP contribution is 2.72. The first-order chi connectivity index (χ1) is 16.8. The molecule has 6 aliphatic heterocycles. The summed E-state index contributed by atoms with van der Waals surface area (Å²) in [5, 5.41) is 3.16. The van der Waals surface area contributed by atoms with E-state index in [9.17, 15) is 14.4 Å². The Kier molecular flexibility index (Phi) is 3.75. The van der Waals surface area contributed by atoms with Gasteiger partial charge < -0.3 is 24.6 Å². The minimum Gasteiger partial charge on any atom is -0.480 e.